The molecule has 0 atom stereocenters. The zero-order chi connectivity index (χ0) is 19.7. The first-order valence-electron chi connectivity index (χ1n) is 7.65. The average Bonchev–Trinajstić information content (AvgIpc) is 2.54. The summed E-state index contributed by atoms with van der Waals surface area (Å²) in [5.74, 6) is 3.91. The molecule has 136 valence electrons. The van der Waals surface area contributed by atoms with Crippen LogP contribution in [0, 0.1) is 58.4 Å². The van der Waals surface area contributed by atoms with E-state index in [1.54, 1.807) is 0 Å². The standard InChI is InChI=1S/C19H16F4O2Si/c1-26(2,3)12-10-8-6-4-5-7-9-11-16(24)25-19-17(22)14(20)13-15(21)18(19)23/h13H,7,9,11H2,1-3H3. The van der Waals surface area contributed by atoms with Crippen LogP contribution in [0.15, 0.2) is 6.07 Å². The first kappa shape index (κ1) is 21.3. The van der Waals surface area contributed by atoms with E-state index in [4.69, 9.17) is 0 Å². The van der Waals surface area contributed by atoms with Gasteiger partial charge in [0.15, 0.2) is 11.6 Å². The van der Waals surface area contributed by atoms with Gasteiger partial charge < -0.3 is 4.74 Å². The van der Waals surface area contributed by atoms with Crippen molar-refractivity contribution in [3.8, 4) is 40.9 Å². The lowest BCUT2D eigenvalue weighted by Crippen LogP contribution is -2.16. The Balaban J connectivity index is 2.50. The van der Waals surface area contributed by atoms with Crippen LogP contribution in [0.3, 0.4) is 0 Å². The van der Waals surface area contributed by atoms with Crippen molar-refractivity contribution in [3.63, 3.8) is 0 Å². The van der Waals surface area contributed by atoms with Crippen LogP contribution in [-0.2, 0) is 4.79 Å². The second-order valence-electron chi connectivity index (χ2n) is 6.18. The number of carbonyl (C=O) groups is 1. The highest BCUT2D eigenvalue weighted by Crippen LogP contribution is 2.26. The molecule has 0 bridgehead atoms. The molecule has 0 radical (unpaired) electrons. The van der Waals surface area contributed by atoms with Crippen molar-refractivity contribution in [3.05, 3.63) is 29.3 Å². The van der Waals surface area contributed by atoms with E-state index in [1.165, 1.54) is 0 Å². The van der Waals surface area contributed by atoms with E-state index in [1.807, 2.05) is 0 Å². The quantitative estimate of drug-likeness (QED) is 0.149. The summed E-state index contributed by atoms with van der Waals surface area (Å²) in [5, 5.41) is 0. The molecule has 0 aromatic heterocycles. The number of halogens is 4. The molecule has 7 heteroatoms. The number of esters is 1. The van der Waals surface area contributed by atoms with Gasteiger partial charge in [0.2, 0.25) is 17.4 Å². The maximum Gasteiger partial charge on any atom is 0.311 e. The molecule has 2 nitrogen and oxygen atoms in total. The van der Waals surface area contributed by atoms with Gasteiger partial charge in [-0.1, -0.05) is 25.6 Å². The Labute approximate surface area is 150 Å². The summed E-state index contributed by atoms with van der Waals surface area (Å²) in [6.07, 6.45) is 0.289. The van der Waals surface area contributed by atoms with E-state index < -0.39 is 43.1 Å². The Morgan fingerprint density at radius 2 is 1.58 bits per heavy atom. The van der Waals surface area contributed by atoms with E-state index in [-0.39, 0.29) is 25.3 Å². The van der Waals surface area contributed by atoms with Crippen LogP contribution < -0.4 is 4.74 Å². The summed E-state index contributed by atoms with van der Waals surface area (Å²) >= 11 is 0. The molecular formula is C19H16F4O2Si. The monoisotopic (exact) mass is 380 g/mol. The molecular weight excluding hydrogens is 364 g/mol. The fourth-order valence-corrected chi connectivity index (χ4v) is 1.95. The molecule has 0 fully saturated rings. The van der Waals surface area contributed by atoms with Crippen molar-refractivity contribution < 1.29 is 27.1 Å². The van der Waals surface area contributed by atoms with Gasteiger partial charge in [0.05, 0.1) is 0 Å². The van der Waals surface area contributed by atoms with Crippen molar-refractivity contribution >= 4 is 14.0 Å². The fourth-order valence-electron chi connectivity index (χ4n) is 1.51. The van der Waals surface area contributed by atoms with Crippen LogP contribution in [-0.4, -0.2) is 14.0 Å². The van der Waals surface area contributed by atoms with Crippen molar-refractivity contribution in [1.82, 2.24) is 0 Å². The zero-order valence-electron chi connectivity index (χ0n) is 14.5. The van der Waals surface area contributed by atoms with Crippen molar-refractivity contribution in [2.45, 2.75) is 38.9 Å². The van der Waals surface area contributed by atoms with E-state index in [9.17, 15) is 22.4 Å². The summed E-state index contributed by atoms with van der Waals surface area (Å²) in [6, 6.07) is 0.0344. The van der Waals surface area contributed by atoms with Gasteiger partial charge in [0.25, 0.3) is 0 Å². The second kappa shape index (κ2) is 9.70. The normalized spacial score (nSPS) is 9.81. The van der Waals surface area contributed by atoms with Gasteiger partial charge in [-0.3, -0.25) is 4.79 Å². The lowest BCUT2D eigenvalue weighted by Gasteiger charge is -2.07. The first-order valence-corrected chi connectivity index (χ1v) is 11.2. The molecule has 1 rings (SSSR count). The maximum absolute atomic E-state index is 13.4. The van der Waals surface area contributed by atoms with Gasteiger partial charge in [-0.15, -0.1) is 5.54 Å². The summed E-state index contributed by atoms with van der Waals surface area (Å²) in [7, 11) is -1.46. The third-order valence-corrected chi connectivity index (χ3v) is 3.56. The molecule has 0 spiro atoms. The molecule has 0 saturated heterocycles. The molecule has 26 heavy (non-hydrogen) atoms. The number of rotatable bonds is 4. The smallest absolute Gasteiger partial charge is 0.311 e. The number of benzene rings is 1. The molecule has 0 heterocycles. The molecule has 0 saturated carbocycles. The molecule has 0 N–H and O–H groups in total. The van der Waals surface area contributed by atoms with Crippen LogP contribution in [0.2, 0.25) is 19.6 Å². The van der Waals surface area contributed by atoms with Gasteiger partial charge in [-0.05, 0) is 30.1 Å². The number of hydrogen-bond donors (Lipinski definition) is 0. The predicted octanol–water partition coefficient (Wildman–Crippen LogP) is 4.21. The van der Waals surface area contributed by atoms with Crippen molar-refractivity contribution in [1.29, 1.82) is 0 Å². The molecule has 0 unspecified atom stereocenters. The summed E-state index contributed by atoms with van der Waals surface area (Å²) < 4.78 is 57.1. The third kappa shape index (κ3) is 7.47. The van der Waals surface area contributed by atoms with Crippen LogP contribution in [0.1, 0.15) is 19.3 Å². The molecule has 0 aliphatic carbocycles. The third-order valence-electron chi connectivity index (χ3n) is 2.68. The topological polar surface area (TPSA) is 26.3 Å². The highest BCUT2D eigenvalue weighted by atomic mass is 28.3. The Morgan fingerprint density at radius 3 is 2.15 bits per heavy atom. The summed E-state index contributed by atoms with van der Waals surface area (Å²) in [6.45, 7) is 6.26. The van der Waals surface area contributed by atoms with E-state index >= 15 is 0 Å². The fraction of sp³-hybridized carbons (Fsp3) is 0.316. The molecule has 0 amide bonds. The highest BCUT2D eigenvalue weighted by Gasteiger charge is 2.22. The van der Waals surface area contributed by atoms with Gasteiger partial charge in [0, 0.05) is 18.9 Å². The van der Waals surface area contributed by atoms with E-state index in [0.29, 0.717) is 0 Å². The van der Waals surface area contributed by atoms with Gasteiger partial charge in [0.1, 0.15) is 8.07 Å². The minimum atomic E-state index is -1.76. The average molecular weight is 380 g/mol. The molecule has 0 aliphatic heterocycles. The second-order valence-corrected chi connectivity index (χ2v) is 10.9. The lowest BCUT2D eigenvalue weighted by atomic mass is 10.2. The van der Waals surface area contributed by atoms with Gasteiger partial charge >= 0.3 is 5.97 Å². The number of hydrogen-bond acceptors (Lipinski definition) is 2. The molecule has 1 aromatic rings. The summed E-state index contributed by atoms with van der Waals surface area (Å²) in [5.41, 5.74) is 3.05. The van der Waals surface area contributed by atoms with Crippen molar-refractivity contribution in [2.75, 3.05) is 0 Å². The van der Waals surface area contributed by atoms with Gasteiger partial charge in [-0.25, -0.2) is 8.78 Å². The zero-order valence-corrected chi connectivity index (χ0v) is 15.5. The Kier molecular flexibility index (Phi) is 7.97. The number of carbonyl (C=O) groups excluding carboxylic acids is 1. The summed E-state index contributed by atoms with van der Waals surface area (Å²) in [4.78, 5) is 11.5. The molecule has 1 aromatic carbocycles. The largest absolute Gasteiger partial charge is 0.420 e. The Hall–Kier alpha value is -2.69. The maximum atomic E-state index is 13.4. The highest BCUT2D eigenvalue weighted by molar-refractivity contribution is 6.83. The van der Waals surface area contributed by atoms with Crippen LogP contribution in [0.5, 0.6) is 5.75 Å². The van der Waals surface area contributed by atoms with Gasteiger partial charge in [-0.2, -0.15) is 8.78 Å². The first-order chi connectivity index (χ1) is 12.1. The van der Waals surface area contributed by atoms with Crippen LogP contribution in [0.4, 0.5) is 17.6 Å². The minimum absolute atomic E-state index is 0.0344. The Bertz CT molecular complexity index is 843. The lowest BCUT2D eigenvalue weighted by molar-refractivity contribution is -0.134. The van der Waals surface area contributed by atoms with E-state index in [2.05, 4.69) is 59.5 Å². The van der Waals surface area contributed by atoms with Crippen molar-refractivity contribution in [2.24, 2.45) is 0 Å². The predicted molar refractivity (Wildman–Crippen MR) is 92.4 cm³/mol. The van der Waals surface area contributed by atoms with E-state index in [0.717, 1.165) is 0 Å². The van der Waals surface area contributed by atoms with Crippen LogP contribution >= 0.6 is 0 Å². The molecule has 0 aliphatic rings. The Morgan fingerprint density at radius 1 is 1.00 bits per heavy atom. The minimum Gasteiger partial charge on any atom is -0.420 e. The number of unbranched alkanes of at least 4 members (excludes halogenated alkanes) is 1. The van der Waals surface area contributed by atoms with Crippen LogP contribution in [0.25, 0.3) is 0 Å². The number of ether oxygens (including phenoxy) is 1. The SMILES string of the molecule is C[Si](C)(C)C#CC#CC#CCCCC(=O)Oc1c(F)c(F)cc(F)c1F.